The molecule has 1 aromatic heterocycles. The predicted octanol–water partition coefficient (Wildman–Crippen LogP) is 1.18. The van der Waals surface area contributed by atoms with Crippen molar-refractivity contribution in [3.05, 3.63) is 52.4 Å². The molecule has 13 nitrogen and oxygen atoms in total. The minimum absolute atomic E-state index is 0.0550. The Hall–Kier alpha value is -2.40. The maximum Gasteiger partial charge on any atom is 0.266 e. The number of aliphatic hydroxyl groups excluding tert-OH is 1. The minimum Gasteiger partial charge on any atom is -0.387 e. The molecule has 1 amide bonds. The Kier molecular flexibility index (Phi) is 9.89. The number of aromatic nitrogens is 2. The Bertz CT molecular complexity index is 1410. The van der Waals surface area contributed by atoms with E-state index in [9.17, 15) is 35.8 Å². The smallest absolute Gasteiger partial charge is 0.266 e. The lowest BCUT2D eigenvalue weighted by Crippen LogP contribution is -2.52. The molecule has 41 heavy (non-hydrogen) atoms. The van der Waals surface area contributed by atoms with Crippen LogP contribution < -0.4 is 4.90 Å². The van der Waals surface area contributed by atoms with E-state index in [0.717, 1.165) is 11.4 Å². The van der Waals surface area contributed by atoms with E-state index in [4.69, 9.17) is 11.6 Å². The number of hydrogen-bond donors (Lipinski definition) is 3. The number of carbonyl (C=O) groups excluding carboxylic acids is 1. The largest absolute Gasteiger partial charge is 0.387 e. The van der Waals surface area contributed by atoms with E-state index in [-0.39, 0.29) is 31.5 Å². The van der Waals surface area contributed by atoms with E-state index >= 15 is 0 Å². The summed E-state index contributed by atoms with van der Waals surface area (Å²) in [5.41, 5.74) is 2.16. The summed E-state index contributed by atoms with van der Waals surface area (Å²) in [4.78, 5) is 27.8. The van der Waals surface area contributed by atoms with Crippen LogP contribution in [0.2, 0.25) is 5.02 Å². The van der Waals surface area contributed by atoms with Crippen LogP contribution in [0.4, 0.5) is 5.82 Å². The number of carbonyl (C=O) groups is 1. The third kappa shape index (κ3) is 8.34. The summed E-state index contributed by atoms with van der Waals surface area (Å²) in [6.45, 7) is 3.18. The van der Waals surface area contributed by atoms with Crippen molar-refractivity contribution < 1.29 is 35.8 Å². The highest BCUT2D eigenvalue weighted by Crippen LogP contribution is 2.42. The number of aliphatic hydroxyl groups is 1. The highest BCUT2D eigenvalue weighted by Gasteiger charge is 2.35. The van der Waals surface area contributed by atoms with Crippen molar-refractivity contribution >= 4 is 43.6 Å². The number of anilines is 1. The Morgan fingerprint density at radius 1 is 1.02 bits per heavy atom. The maximum atomic E-state index is 13.9. The van der Waals surface area contributed by atoms with E-state index in [1.165, 1.54) is 11.2 Å². The highest BCUT2D eigenvalue weighted by atomic mass is 35.5. The van der Waals surface area contributed by atoms with Crippen LogP contribution in [0.25, 0.3) is 0 Å². The van der Waals surface area contributed by atoms with E-state index < -0.39 is 43.8 Å². The molecule has 2 aliphatic rings. The second kappa shape index (κ2) is 12.9. The Morgan fingerprint density at radius 3 is 2.17 bits per heavy atom. The third-order valence-electron chi connectivity index (χ3n) is 7.51. The summed E-state index contributed by atoms with van der Waals surface area (Å²) < 4.78 is 64.2. The van der Waals surface area contributed by atoms with E-state index in [0.29, 0.717) is 48.9 Å². The molecule has 1 aliphatic carbocycles. The third-order valence-corrected chi connectivity index (χ3v) is 9.16. The molecule has 2 heterocycles. The van der Waals surface area contributed by atoms with Crippen LogP contribution in [0.3, 0.4) is 0 Å². The number of amides is 1. The molecule has 4 rings (SSSR count). The van der Waals surface area contributed by atoms with Gasteiger partial charge in [-0.15, -0.1) is 0 Å². The second-order valence-electron chi connectivity index (χ2n) is 10.4. The van der Waals surface area contributed by atoms with Crippen LogP contribution in [0, 0.1) is 0 Å². The molecule has 1 saturated heterocycles. The zero-order valence-electron chi connectivity index (χ0n) is 22.5. The van der Waals surface area contributed by atoms with Gasteiger partial charge >= 0.3 is 0 Å². The standard InChI is InChI=1S/C25H34ClN5O8S2/c1-17-14-21(32)23-22(17)24(28-16-27-23)30-6-8-31(9-7-30)25(33)20(18-2-4-19(26)5-3-18)15-29(10-12-40(34,35)36)11-13-41(37,38)39/h2-5,16-17,20-21,32H,6-15H2,1H3,(H,34,35,36)(H,37,38,39)/t17-,20-,21-/m1/s1. The normalized spacial score (nSPS) is 20.3. The maximum absolute atomic E-state index is 13.9. The minimum atomic E-state index is -4.36. The number of hydrogen-bond acceptors (Lipinski definition) is 10. The number of benzene rings is 1. The monoisotopic (exact) mass is 631 g/mol. The van der Waals surface area contributed by atoms with E-state index in [1.54, 1.807) is 29.2 Å². The van der Waals surface area contributed by atoms with Crippen molar-refractivity contribution in [2.45, 2.75) is 31.3 Å². The molecule has 226 valence electrons. The second-order valence-corrected chi connectivity index (χ2v) is 14.0. The van der Waals surface area contributed by atoms with Crippen LogP contribution in [0.5, 0.6) is 0 Å². The van der Waals surface area contributed by atoms with Gasteiger partial charge in [0.15, 0.2) is 0 Å². The van der Waals surface area contributed by atoms with Crippen molar-refractivity contribution in [1.29, 1.82) is 0 Å². The van der Waals surface area contributed by atoms with Gasteiger partial charge in [-0.3, -0.25) is 13.9 Å². The van der Waals surface area contributed by atoms with Gasteiger partial charge in [0.2, 0.25) is 5.91 Å². The van der Waals surface area contributed by atoms with Gasteiger partial charge in [0.25, 0.3) is 20.2 Å². The van der Waals surface area contributed by atoms with Gasteiger partial charge in [0.1, 0.15) is 12.1 Å². The van der Waals surface area contributed by atoms with Crippen molar-refractivity contribution in [2.75, 3.05) is 62.2 Å². The molecule has 3 atom stereocenters. The van der Waals surface area contributed by atoms with Crippen LogP contribution in [-0.2, 0) is 25.0 Å². The summed E-state index contributed by atoms with van der Waals surface area (Å²) in [5.74, 6) is -1.54. The first-order valence-electron chi connectivity index (χ1n) is 13.2. The molecule has 2 aromatic rings. The summed E-state index contributed by atoms with van der Waals surface area (Å²) in [5, 5.41) is 10.8. The average Bonchev–Trinajstić information content (AvgIpc) is 3.21. The summed E-state index contributed by atoms with van der Waals surface area (Å²) >= 11 is 6.06. The summed E-state index contributed by atoms with van der Waals surface area (Å²) in [6.07, 6.45) is 1.39. The van der Waals surface area contributed by atoms with Crippen molar-refractivity contribution in [2.24, 2.45) is 0 Å². The fourth-order valence-electron chi connectivity index (χ4n) is 5.38. The molecule has 0 bridgehead atoms. The Balaban J connectivity index is 1.53. The first-order chi connectivity index (χ1) is 19.2. The molecule has 0 saturated carbocycles. The van der Waals surface area contributed by atoms with Crippen molar-refractivity contribution in [3.63, 3.8) is 0 Å². The Labute approximate surface area is 244 Å². The Morgan fingerprint density at radius 2 is 1.61 bits per heavy atom. The zero-order chi connectivity index (χ0) is 29.9. The topological polar surface area (TPSA) is 182 Å². The number of piperazine rings is 1. The molecule has 0 radical (unpaired) electrons. The van der Waals surface area contributed by atoms with Gasteiger partial charge < -0.3 is 19.8 Å². The molecule has 0 unspecified atom stereocenters. The fourth-order valence-corrected chi connectivity index (χ4v) is 6.48. The van der Waals surface area contributed by atoms with Crippen molar-refractivity contribution in [1.82, 2.24) is 19.8 Å². The molecular formula is C25H34ClN5O8S2. The average molecular weight is 632 g/mol. The molecular weight excluding hydrogens is 598 g/mol. The van der Waals surface area contributed by atoms with Gasteiger partial charge in [0.05, 0.1) is 29.2 Å². The number of halogens is 1. The van der Waals surface area contributed by atoms with Gasteiger partial charge in [-0.2, -0.15) is 16.8 Å². The molecule has 16 heteroatoms. The quantitative estimate of drug-likeness (QED) is 0.302. The van der Waals surface area contributed by atoms with Crippen LogP contribution in [0.1, 0.15) is 48.1 Å². The molecule has 3 N–H and O–H groups in total. The fraction of sp³-hybridized carbons (Fsp3) is 0.560. The number of rotatable bonds is 11. The SMILES string of the molecule is C[C@@H]1C[C@@H](O)c2ncnc(N3CCN(C(=O)[C@H](CN(CCS(=O)(=O)O)CCS(=O)(=O)O)c4ccc(Cl)cc4)CC3)c21. The van der Waals surface area contributed by atoms with Crippen molar-refractivity contribution in [3.8, 4) is 0 Å². The van der Waals surface area contributed by atoms with Gasteiger partial charge in [-0.1, -0.05) is 30.7 Å². The number of nitrogens with zero attached hydrogens (tertiary/aromatic N) is 5. The molecule has 0 spiro atoms. The first-order valence-corrected chi connectivity index (χ1v) is 16.8. The lowest BCUT2D eigenvalue weighted by Gasteiger charge is -2.38. The molecule has 1 fully saturated rings. The lowest BCUT2D eigenvalue weighted by molar-refractivity contribution is -0.133. The first kappa shape index (κ1) is 31.5. The van der Waals surface area contributed by atoms with Gasteiger partial charge in [-0.25, -0.2) is 9.97 Å². The predicted molar refractivity (Wildman–Crippen MR) is 152 cm³/mol. The molecule has 1 aliphatic heterocycles. The van der Waals surface area contributed by atoms with E-state index in [2.05, 4.69) is 14.9 Å². The number of fused-ring (bicyclic) bond motifs is 1. The summed E-state index contributed by atoms with van der Waals surface area (Å²) in [7, 11) is -8.72. The van der Waals surface area contributed by atoms with Crippen LogP contribution in [-0.4, -0.2) is 114 Å². The highest BCUT2D eigenvalue weighted by molar-refractivity contribution is 7.86. The van der Waals surface area contributed by atoms with Crippen LogP contribution in [0.15, 0.2) is 30.6 Å². The summed E-state index contributed by atoms with van der Waals surface area (Å²) in [6, 6.07) is 6.62. The van der Waals surface area contributed by atoms with Gasteiger partial charge in [0, 0.05) is 56.4 Å². The zero-order valence-corrected chi connectivity index (χ0v) is 24.9. The van der Waals surface area contributed by atoms with E-state index in [1.807, 2.05) is 6.92 Å². The van der Waals surface area contributed by atoms with Gasteiger partial charge in [-0.05, 0) is 30.0 Å². The molecule has 1 aromatic carbocycles. The van der Waals surface area contributed by atoms with Crippen LogP contribution >= 0.6 is 11.6 Å². The lowest BCUT2D eigenvalue weighted by atomic mass is 9.96.